The van der Waals surface area contributed by atoms with Gasteiger partial charge in [-0.25, -0.2) is 9.50 Å². The van der Waals surface area contributed by atoms with Crippen LogP contribution in [0.5, 0.6) is 0 Å². The van der Waals surface area contributed by atoms with Crippen molar-refractivity contribution in [2.45, 2.75) is 39.3 Å². The Morgan fingerprint density at radius 1 is 1.15 bits per heavy atom. The van der Waals surface area contributed by atoms with E-state index in [9.17, 15) is 9.59 Å². The Morgan fingerprint density at radius 3 is 2.76 bits per heavy atom. The highest BCUT2D eigenvalue weighted by molar-refractivity contribution is 5.99. The van der Waals surface area contributed by atoms with E-state index in [1.807, 2.05) is 44.2 Å². The van der Waals surface area contributed by atoms with E-state index in [0.717, 1.165) is 35.2 Å². The highest BCUT2D eigenvalue weighted by Crippen LogP contribution is 2.28. The maximum absolute atomic E-state index is 12.9. The first-order chi connectivity index (χ1) is 16.5. The minimum atomic E-state index is -0.201. The van der Waals surface area contributed by atoms with Crippen LogP contribution in [0, 0.1) is 13.8 Å². The second-order valence-corrected chi connectivity index (χ2v) is 8.52. The van der Waals surface area contributed by atoms with Gasteiger partial charge in [0.25, 0.3) is 11.8 Å². The molecule has 0 unspecified atom stereocenters. The fourth-order valence-electron chi connectivity index (χ4n) is 3.78. The summed E-state index contributed by atoms with van der Waals surface area (Å²) in [5.41, 5.74) is 5.22. The van der Waals surface area contributed by atoms with Gasteiger partial charge in [0.1, 0.15) is 11.8 Å². The number of pyridine rings is 1. The molecule has 4 aromatic rings. The molecule has 1 fully saturated rings. The van der Waals surface area contributed by atoms with Crippen LogP contribution in [0.3, 0.4) is 0 Å². The van der Waals surface area contributed by atoms with Crippen molar-refractivity contribution in [3.05, 3.63) is 83.1 Å². The van der Waals surface area contributed by atoms with Crippen molar-refractivity contribution < 1.29 is 9.59 Å². The number of amides is 2. The Hall–Kier alpha value is -4.27. The van der Waals surface area contributed by atoms with Crippen LogP contribution < -0.4 is 16.0 Å². The summed E-state index contributed by atoms with van der Waals surface area (Å²) in [6.45, 7) is 4.21. The van der Waals surface area contributed by atoms with Crippen molar-refractivity contribution in [3.63, 3.8) is 0 Å². The average molecular weight is 456 g/mol. The summed E-state index contributed by atoms with van der Waals surface area (Å²) in [6.07, 6.45) is 8.62. The van der Waals surface area contributed by atoms with Gasteiger partial charge in [-0.2, -0.15) is 5.10 Å². The number of anilines is 2. The SMILES string of the molecule is Cc1ccc(C(=O)NC2CC2)cc1Nc1ncnn2cc(C(=O)NCc3cccnc3)c(C)c12. The monoisotopic (exact) mass is 455 g/mol. The summed E-state index contributed by atoms with van der Waals surface area (Å²) in [7, 11) is 0. The van der Waals surface area contributed by atoms with Crippen LogP contribution in [0.4, 0.5) is 11.5 Å². The number of fused-ring (bicyclic) bond motifs is 1. The van der Waals surface area contributed by atoms with E-state index < -0.39 is 0 Å². The van der Waals surface area contributed by atoms with Crippen LogP contribution in [0.15, 0.2) is 55.2 Å². The molecule has 0 atom stereocenters. The number of nitrogens with one attached hydrogen (secondary N) is 3. The largest absolute Gasteiger partial charge is 0.349 e. The lowest BCUT2D eigenvalue weighted by atomic mass is 10.1. The predicted octanol–water partition coefficient (Wildman–Crippen LogP) is 3.31. The first kappa shape index (κ1) is 21.6. The number of benzene rings is 1. The van der Waals surface area contributed by atoms with Crippen molar-refractivity contribution in [2.24, 2.45) is 0 Å². The van der Waals surface area contributed by atoms with Crippen LogP contribution in [-0.2, 0) is 6.54 Å². The van der Waals surface area contributed by atoms with Gasteiger partial charge in [0.2, 0.25) is 0 Å². The topological polar surface area (TPSA) is 113 Å². The first-order valence-electron chi connectivity index (χ1n) is 11.2. The summed E-state index contributed by atoms with van der Waals surface area (Å²) in [4.78, 5) is 33.9. The molecule has 9 heteroatoms. The first-order valence-corrected chi connectivity index (χ1v) is 11.2. The fourth-order valence-corrected chi connectivity index (χ4v) is 3.78. The molecule has 3 aromatic heterocycles. The normalized spacial score (nSPS) is 13.0. The second-order valence-electron chi connectivity index (χ2n) is 8.52. The lowest BCUT2D eigenvalue weighted by Gasteiger charge is -2.12. The van der Waals surface area contributed by atoms with E-state index >= 15 is 0 Å². The number of hydrogen-bond donors (Lipinski definition) is 3. The molecule has 1 aliphatic rings. The Kier molecular flexibility index (Phi) is 5.67. The lowest BCUT2D eigenvalue weighted by Crippen LogP contribution is -2.25. The summed E-state index contributed by atoms with van der Waals surface area (Å²) in [5.74, 6) is 0.277. The van der Waals surface area contributed by atoms with Crippen LogP contribution in [0.2, 0.25) is 0 Å². The lowest BCUT2D eigenvalue weighted by molar-refractivity contribution is 0.0942. The third-order valence-corrected chi connectivity index (χ3v) is 5.91. The maximum Gasteiger partial charge on any atom is 0.253 e. The highest BCUT2D eigenvalue weighted by atomic mass is 16.2. The number of aryl methyl sites for hydroxylation is 2. The average Bonchev–Trinajstić information content (AvgIpc) is 3.60. The van der Waals surface area contributed by atoms with Crippen molar-refractivity contribution >= 4 is 28.8 Å². The molecule has 0 aliphatic heterocycles. The molecular weight excluding hydrogens is 430 g/mol. The maximum atomic E-state index is 12.9. The van der Waals surface area contributed by atoms with E-state index in [-0.39, 0.29) is 17.9 Å². The van der Waals surface area contributed by atoms with Gasteiger partial charge in [0, 0.05) is 42.4 Å². The van der Waals surface area contributed by atoms with Crippen molar-refractivity contribution in [1.29, 1.82) is 0 Å². The molecule has 0 spiro atoms. The number of nitrogens with zero attached hydrogens (tertiary/aromatic N) is 4. The number of aromatic nitrogens is 4. The molecule has 1 aromatic carbocycles. The molecule has 1 aliphatic carbocycles. The number of hydrogen-bond acceptors (Lipinski definition) is 6. The summed E-state index contributed by atoms with van der Waals surface area (Å²) < 4.78 is 1.64. The number of rotatable bonds is 7. The molecule has 1 saturated carbocycles. The van der Waals surface area contributed by atoms with Crippen LogP contribution in [0.1, 0.15) is 50.2 Å². The van der Waals surface area contributed by atoms with Gasteiger partial charge in [0.05, 0.1) is 5.56 Å². The van der Waals surface area contributed by atoms with E-state index in [0.29, 0.717) is 29.0 Å². The number of carbonyl (C=O) groups excluding carboxylic acids is 2. The van der Waals surface area contributed by atoms with Gasteiger partial charge >= 0.3 is 0 Å². The van der Waals surface area contributed by atoms with Crippen molar-refractivity contribution in [3.8, 4) is 0 Å². The number of carbonyl (C=O) groups is 2. The van der Waals surface area contributed by atoms with Gasteiger partial charge in [0.15, 0.2) is 5.82 Å². The zero-order chi connectivity index (χ0) is 23.7. The zero-order valence-corrected chi connectivity index (χ0v) is 19.0. The van der Waals surface area contributed by atoms with E-state index in [4.69, 9.17) is 0 Å². The zero-order valence-electron chi connectivity index (χ0n) is 19.0. The minimum Gasteiger partial charge on any atom is -0.349 e. The Labute approximate surface area is 196 Å². The summed E-state index contributed by atoms with van der Waals surface area (Å²) in [5, 5.41) is 13.6. The molecule has 3 N–H and O–H groups in total. The van der Waals surface area contributed by atoms with Gasteiger partial charge in [-0.05, 0) is 61.6 Å². The molecule has 0 bridgehead atoms. The Bertz CT molecular complexity index is 1380. The van der Waals surface area contributed by atoms with Gasteiger partial charge in [-0.3, -0.25) is 14.6 Å². The molecule has 2 amide bonds. The molecule has 0 radical (unpaired) electrons. The fraction of sp³-hybridized carbons (Fsp3) is 0.240. The van der Waals surface area contributed by atoms with Gasteiger partial charge in [-0.15, -0.1) is 0 Å². The van der Waals surface area contributed by atoms with Gasteiger partial charge < -0.3 is 16.0 Å². The molecule has 5 rings (SSSR count). The minimum absolute atomic E-state index is 0.0789. The molecule has 9 nitrogen and oxygen atoms in total. The molecule has 3 heterocycles. The van der Waals surface area contributed by atoms with Crippen molar-refractivity contribution in [1.82, 2.24) is 30.2 Å². The Morgan fingerprint density at radius 2 is 2.00 bits per heavy atom. The van der Waals surface area contributed by atoms with Crippen LogP contribution >= 0.6 is 0 Å². The third-order valence-electron chi connectivity index (χ3n) is 5.91. The predicted molar refractivity (Wildman–Crippen MR) is 128 cm³/mol. The molecule has 34 heavy (non-hydrogen) atoms. The highest BCUT2D eigenvalue weighted by Gasteiger charge is 2.24. The molecule has 172 valence electrons. The smallest absolute Gasteiger partial charge is 0.253 e. The van der Waals surface area contributed by atoms with Crippen molar-refractivity contribution in [2.75, 3.05) is 5.32 Å². The summed E-state index contributed by atoms with van der Waals surface area (Å²) >= 11 is 0. The van der Waals surface area contributed by atoms with E-state index in [2.05, 4.69) is 31.0 Å². The van der Waals surface area contributed by atoms with E-state index in [1.54, 1.807) is 23.1 Å². The summed E-state index contributed by atoms with van der Waals surface area (Å²) in [6, 6.07) is 9.58. The molecular formula is C25H25N7O2. The second kappa shape index (κ2) is 8.93. The van der Waals surface area contributed by atoms with Crippen LogP contribution in [0.25, 0.3) is 5.52 Å². The Balaban J connectivity index is 1.41. The standard InChI is InChI=1S/C25H25N7O2/c1-15-5-6-18(24(33)30-19-7-8-19)10-21(15)31-23-22-16(2)20(13-32(22)29-14-28-23)25(34)27-12-17-4-3-9-26-11-17/h3-6,9-11,13-14,19H,7-8,12H2,1-2H3,(H,27,34)(H,30,33)(H,28,29,31). The van der Waals surface area contributed by atoms with E-state index in [1.165, 1.54) is 6.33 Å². The third kappa shape index (κ3) is 4.45. The quantitative estimate of drug-likeness (QED) is 0.394. The van der Waals surface area contributed by atoms with Crippen LogP contribution in [-0.4, -0.2) is 37.4 Å². The van der Waals surface area contributed by atoms with Gasteiger partial charge in [-0.1, -0.05) is 12.1 Å². The molecule has 0 saturated heterocycles.